The first kappa shape index (κ1) is 15.5. The highest BCUT2D eigenvalue weighted by Crippen LogP contribution is 2.23. The van der Waals surface area contributed by atoms with Crippen molar-refractivity contribution in [2.75, 3.05) is 19.0 Å². The summed E-state index contributed by atoms with van der Waals surface area (Å²) in [5, 5.41) is 8.93. The molecule has 1 heterocycles. The molecule has 21 heavy (non-hydrogen) atoms. The van der Waals surface area contributed by atoms with Crippen molar-refractivity contribution in [3.8, 4) is 5.75 Å². The Morgan fingerprint density at radius 2 is 2.14 bits per heavy atom. The average molecular weight is 305 g/mol. The lowest BCUT2D eigenvalue weighted by Gasteiger charge is -2.23. The van der Waals surface area contributed by atoms with Crippen molar-refractivity contribution in [3.05, 3.63) is 40.8 Å². The molecule has 0 radical (unpaired) electrons. The second-order valence-corrected chi connectivity index (χ2v) is 5.96. The number of carbonyl (C=O) groups excluding carboxylic acids is 1. The van der Waals surface area contributed by atoms with E-state index < -0.39 is 0 Å². The van der Waals surface area contributed by atoms with E-state index in [4.69, 9.17) is 4.74 Å². The van der Waals surface area contributed by atoms with E-state index in [2.05, 4.69) is 15.6 Å². The highest BCUT2D eigenvalue weighted by Gasteiger charge is 2.23. The molecule has 0 saturated carbocycles. The van der Waals surface area contributed by atoms with Crippen molar-refractivity contribution in [3.63, 3.8) is 0 Å². The van der Waals surface area contributed by atoms with Crippen LogP contribution in [0.2, 0.25) is 0 Å². The smallest absolute Gasteiger partial charge is 0.238 e. The van der Waals surface area contributed by atoms with E-state index in [1.54, 1.807) is 24.6 Å². The van der Waals surface area contributed by atoms with Crippen LogP contribution in [0, 0.1) is 0 Å². The van der Waals surface area contributed by atoms with Gasteiger partial charge in [-0.05, 0) is 26.0 Å². The number of rotatable bonds is 6. The third-order valence-electron chi connectivity index (χ3n) is 3.04. The first-order chi connectivity index (χ1) is 10.0. The molecule has 6 heteroatoms. The molecular weight excluding hydrogens is 286 g/mol. The third-order valence-corrected chi connectivity index (χ3v) is 4.14. The Hall–Kier alpha value is -1.92. The largest absolute Gasteiger partial charge is 0.495 e. The molecule has 0 spiro atoms. The number of benzene rings is 1. The van der Waals surface area contributed by atoms with Crippen LogP contribution in [0.15, 0.2) is 35.8 Å². The van der Waals surface area contributed by atoms with Crippen LogP contribution in [-0.2, 0) is 10.3 Å². The number of carbonyl (C=O) groups is 1. The molecule has 1 aromatic heterocycles. The maximum Gasteiger partial charge on any atom is 0.238 e. The van der Waals surface area contributed by atoms with E-state index in [0.29, 0.717) is 11.4 Å². The van der Waals surface area contributed by atoms with E-state index in [0.717, 1.165) is 5.01 Å². The Kier molecular flexibility index (Phi) is 4.93. The predicted octanol–water partition coefficient (Wildman–Crippen LogP) is 2.62. The summed E-state index contributed by atoms with van der Waals surface area (Å²) in [5.74, 6) is 0.522. The number of aromatic nitrogens is 1. The summed E-state index contributed by atoms with van der Waals surface area (Å²) in [7, 11) is 1.58. The van der Waals surface area contributed by atoms with Crippen molar-refractivity contribution in [2.45, 2.75) is 19.4 Å². The van der Waals surface area contributed by atoms with Gasteiger partial charge in [0.15, 0.2) is 0 Å². The molecule has 0 unspecified atom stereocenters. The van der Waals surface area contributed by atoms with Gasteiger partial charge in [0, 0.05) is 11.6 Å². The number of hydrogen-bond donors (Lipinski definition) is 2. The molecule has 0 fully saturated rings. The number of nitrogens with zero attached hydrogens (tertiary/aromatic N) is 1. The van der Waals surface area contributed by atoms with Crippen LogP contribution in [0.3, 0.4) is 0 Å². The molecule has 2 rings (SSSR count). The van der Waals surface area contributed by atoms with Gasteiger partial charge in [-0.15, -0.1) is 11.3 Å². The van der Waals surface area contributed by atoms with Gasteiger partial charge in [0.2, 0.25) is 5.91 Å². The second-order valence-electron chi connectivity index (χ2n) is 5.06. The Morgan fingerprint density at radius 3 is 2.81 bits per heavy atom. The van der Waals surface area contributed by atoms with Crippen molar-refractivity contribution < 1.29 is 9.53 Å². The van der Waals surface area contributed by atoms with Crippen LogP contribution < -0.4 is 15.4 Å². The number of thiazole rings is 1. The fraction of sp³-hybridized carbons (Fsp3) is 0.333. The van der Waals surface area contributed by atoms with Gasteiger partial charge in [0.1, 0.15) is 10.8 Å². The highest BCUT2D eigenvalue weighted by molar-refractivity contribution is 7.09. The van der Waals surface area contributed by atoms with Gasteiger partial charge in [-0.3, -0.25) is 10.1 Å². The summed E-state index contributed by atoms with van der Waals surface area (Å²) in [5.41, 5.74) is 0.325. The molecule has 0 saturated heterocycles. The van der Waals surface area contributed by atoms with E-state index in [-0.39, 0.29) is 18.0 Å². The van der Waals surface area contributed by atoms with Crippen molar-refractivity contribution in [2.24, 2.45) is 0 Å². The van der Waals surface area contributed by atoms with Crippen LogP contribution in [-0.4, -0.2) is 24.5 Å². The summed E-state index contributed by atoms with van der Waals surface area (Å²) in [4.78, 5) is 16.3. The van der Waals surface area contributed by atoms with E-state index in [1.807, 2.05) is 43.5 Å². The lowest BCUT2D eigenvalue weighted by atomic mass is 10.1. The van der Waals surface area contributed by atoms with Gasteiger partial charge in [0.25, 0.3) is 0 Å². The van der Waals surface area contributed by atoms with Gasteiger partial charge < -0.3 is 10.1 Å². The van der Waals surface area contributed by atoms with Gasteiger partial charge >= 0.3 is 0 Å². The molecule has 2 N–H and O–H groups in total. The van der Waals surface area contributed by atoms with Crippen molar-refractivity contribution in [1.29, 1.82) is 0 Å². The monoisotopic (exact) mass is 305 g/mol. The molecule has 1 amide bonds. The molecule has 112 valence electrons. The lowest BCUT2D eigenvalue weighted by Crippen LogP contribution is -2.41. The average Bonchev–Trinajstić information content (AvgIpc) is 3.01. The first-order valence-electron chi connectivity index (χ1n) is 6.61. The predicted molar refractivity (Wildman–Crippen MR) is 84.8 cm³/mol. The zero-order valence-electron chi connectivity index (χ0n) is 12.3. The summed E-state index contributed by atoms with van der Waals surface area (Å²) >= 11 is 1.57. The Morgan fingerprint density at radius 1 is 1.38 bits per heavy atom. The Bertz CT molecular complexity index is 597. The molecule has 0 aliphatic rings. The third kappa shape index (κ3) is 4.03. The van der Waals surface area contributed by atoms with Crippen LogP contribution in [0.1, 0.15) is 18.9 Å². The standard InChI is InChI=1S/C15H19N3O2S/c1-15(2,14-16-8-9-21-14)17-10-13(19)18-11-6-4-5-7-12(11)20-3/h4-9,17H,10H2,1-3H3,(H,18,19). The van der Waals surface area contributed by atoms with Crippen molar-refractivity contribution >= 4 is 22.9 Å². The van der Waals surface area contributed by atoms with Crippen molar-refractivity contribution in [1.82, 2.24) is 10.3 Å². The molecule has 0 atom stereocenters. The van der Waals surface area contributed by atoms with E-state index >= 15 is 0 Å². The maximum absolute atomic E-state index is 12.1. The van der Waals surface area contributed by atoms with E-state index in [9.17, 15) is 4.79 Å². The quantitative estimate of drug-likeness (QED) is 0.861. The summed E-state index contributed by atoms with van der Waals surface area (Å²) < 4.78 is 5.21. The maximum atomic E-state index is 12.1. The van der Waals surface area contributed by atoms with Crippen LogP contribution in [0.5, 0.6) is 5.75 Å². The minimum atomic E-state index is -0.341. The Labute approximate surface area is 128 Å². The van der Waals surface area contributed by atoms with Gasteiger partial charge in [0.05, 0.1) is 24.9 Å². The SMILES string of the molecule is COc1ccccc1NC(=O)CNC(C)(C)c1nccs1. The molecule has 2 aromatic rings. The number of hydrogen-bond acceptors (Lipinski definition) is 5. The fourth-order valence-corrected chi connectivity index (χ4v) is 2.59. The minimum absolute atomic E-state index is 0.121. The summed E-state index contributed by atoms with van der Waals surface area (Å²) in [6, 6.07) is 7.33. The zero-order valence-corrected chi connectivity index (χ0v) is 13.2. The molecule has 0 bridgehead atoms. The normalized spacial score (nSPS) is 11.2. The number of anilines is 1. The number of methoxy groups -OCH3 is 1. The van der Waals surface area contributed by atoms with Crippen LogP contribution >= 0.6 is 11.3 Å². The van der Waals surface area contributed by atoms with Crippen LogP contribution in [0.4, 0.5) is 5.69 Å². The van der Waals surface area contributed by atoms with Crippen LogP contribution in [0.25, 0.3) is 0 Å². The van der Waals surface area contributed by atoms with Gasteiger partial charge in [-0.1, -0.05) is 12.1 Å². The second kappa shape index (κ2) is 6.69. The zero-order chi connectivity index (χ0) is 15.3. The summed E-state index contributed by atoms with van der Waals surface area (Å²) in [6.45, 7) is 4.20. The molecule has 1 aromatic carbocycles. The Balaban J connectivity index is 1.93. The number of para-hydroxylation sites is 2. The van der Waals surface area contributed by atoms with Gasteiger partial charge in [-0.25, -0.2) is 4.98 Å². The molecule has 0 aliphatic carbocycles. The number of nitrogens with one attached hydrogen (secondary N) is 2. The van der Waals surface area contributed by atoms with E-state index in [1.165, 1.54) is 0 Å². The van der Waals surface area contributed by atoms with Gasteiger partial charge in [-0.2, -0.15) is 0 Å². The number of ether oxygens (including phenoxy) is 1. The molecule has 0 aliphatic heterocycles. The first-order valence-corrected chi connectivity index (χ1v) is 7.49. The highest BCUT2D eigenvalue weighted by atomic mass is 32.1. The minimum Gasteiger partial charge on any atom is -0.495 e. The molecular formula is C15H19N3O2S. The molecule has 5 nitrogen and oxygen atoms in total. The number of amides is 1. The summed E-state index contributed by atoms with van der Waals surface area (Å²) in [6.07, 6.45) is 1.76. The topological polar surface area (TPSA) is 63.2 Å². The fourth-order valence-electron chi connectivity index (χ4n) is 1.85. The lowest BCUT2D eigenvalue weighted by molar-refractivity contribution is -0.115.